The number of carboxylic acid groups (broad SMARTS) is 1. The zero-order chi connectivity index (χ0) is 21.6. The van der Waals surface area contributed by atoms with E-state index in [9.17, 15) is 9.90 Å². The van der Waals surface area contributed by atoms with E-state index in [-0.39, 0.29) is 29.6 Å². The van der Waals surface area contributed by atoms with E-state index in [1.54, 1.807) is 6.92 Å². The van der Waals surface area contributed by atoms with Gasteiger partial charge in [-0.3, -0.25) is 0 Å². The van der Waals surface area contributed by atoms with Gasteiger partial charge in [-0.15, -0.1) is 11.8 Å². The number of para-hydroxylation sites is 1. The van der Waals surface area contributed by atoms with Crippen molar-refractivity contribution >= 4 is 34.2 Å². The first-order chi connectivity index (χ1) is 15.1. The summed E-state index contributed by atoms with van der Waals surface area (Å²) in [4.78, 5) is 14.9. The van der Waals surface area contributed by atoms with Crippen molar-refractivity contribution in [2.45, 2.75) is 24.3 Å². The smallest absolute Gasteiger partial charge is 0.547 e. The molecule has 0 spiro atoms. The van der Waals surface area contributed by atoms with Crippen LogP contribution in [0.25, 0.3) is 10.8 Å². The summed E-state index contributed by atoms with van der Waals surface area (Å²) in [6.07, 6.45) is -0.636. The quantitative estimate of drug-likeness (QED) is 0.435. The van der Waals surface area contributed by atoms with E-state index in [4.69, 9.17) is 9.47 Å². The Balaban J connectivity index is 0.00000289. The maximum absolute atomic E-state index is 11.2. The van der Waals surface area contributed by atoms with E-state index in [1.807, 2.05) is 48.2 Å². The minimum absolute atomic E-state index is 0. The summed E-state index contributed by atoms with van der Waals surface area (Å²) in [5, 5.41) is 13.3. The summed E-state index contributed by atoms with van der Waals surface area (Å²) in [5.74, 6) is 0.750. The molecule has 162 valence electrons. The summed E-state index contributed by atoms with van der Waals surface area (Å²) in [6.45, 7) is 4.61. The van der Waals surface area contributed by atoms with Crippen molar-refractivity contribution in [3.05, 3.63) is 66.2 Å². The third-order valence-corrected chi connectivity index (χ3v) is 6.43. The molecule has 0 amide bonds. The van der Waals surface area contributed by atoms with Crippen LogP contribution in [0.4, 0.5) is 5.69 Å². The van der Waals surface area contributed by atoms with Gasteiger partial charge in [-0.05, 0) is 47.5 Å². The third-order valence-electron chi connectivity index (χ3n) is 5.38. The second-order valence-corrected chi connectivity index (χ2v) is 8.60. The summed E-state index contributed by atoms with van der Waals surface area (Å²) < 4.78 is 11.3. The first-order valence-electron chi connectivity index (χ1n) is 10.6. The molecule has 32 heavy (non-hydrogen) atoms. The first-order valence-corrected chi connectivity index (χ1v) is 11.6. The van der Waals surface area contributed by atoms with Gasteiger partial charge >= 0.3 is 29.6 Å². The number of hydrogen-bond donors (Lipinski definition) is 0. The Kier molecular flexibility index (Phi) is 9.32. The van der Waals surface area contributed by atoms with Crippen LogP contribution >= 0.6 is 11.8 Å². The molecule has 3 aromatic carbocycles. The van der Waals surface area contributed by atoms with Crippen LogP contribution in [0, 0.1) is 0 Å². The van der Waals surface area contributed by atoms with Gasteiger partial charge in [0.15, 0.2) is 0 Å². The molecule has 4 rings (SSSR count). The molecule has 0 aliphatic carbocycles. The van der Waals surface area contributed by atoms with Crippen molar-refractivity contribution in [3.63, 3.8) is 0 Å². The number of carbonyl (C=O) groups is 1. The molecular weight excluding hydrogens is 433 g/mol. The molecule has 0 N–H and O–H groups in total. The Labute approximate surface area is 215 Å². The molecule has 0 saturated heterocycles. The maximum atomic E-state index is 11.2. The van der Waals surface area contributed by atoms with Crippen molar-refractivity contribution in [2.24, 2.45) is 0 Å². The van der Waals surface area contributed by atoms with Gasteiger partial charge in [-0.1, -0.05) is 36.4 Å². The van der Waals surface area contributed by atoms with Crippen LogP contribution in [-0.2, 0) is 16.0 Å². The van der Waals surface area contributed by atoms with E-state index >= 15 is 0 Å². The monoisotopic (exact) mass is 459 g/mol. The van der Waals surface area contributed by atoms with Crippen molar-refractivity contribution < 1.29 is 48.9 Å². The normalized spacial score (nSPS) is 13.8. The van der Waals surface area contributed by atoms with Crippen LogP contribution in [-0.4, -0.2) is 44.1 Å². The standard InChI is InChI=1S/C25H27NO4S.Na/c1-2-29-23(25(27)28)16-18-7-8-20-17-21(10-9-19(20)15-18)30-13-11-26-12-14-31-24-6-4-3-5-22(24)26;/h3-10,15,17,23H,2,11-14,16H2,1H3,(H,27,28);/q;+1/p-1. The van der Waals surface area contributed by atoms with Crippen molar-refractivity contribution in [2.75, 3.05) is 37.0 Å². The Morgan fingerprint density at radius 3 is 2.72 bits per heavy atom. The number of benzene rings is 3. The minimum atomic E-state index is -1.18. The fourth-order valence-electron chi connectivity index (χ4n) is 3.85. The number of carbonyl (C=O) groups excluding carboxylic acids is 1. The number of aliphatic carboxylic acids is 1. The largest absolute Gasteiger partial charge is 1.00 e. The van der Waals surface area contributed by atoms with E-state index in [2.05, 4.69) is 29.2 Å². The Hall–Kier alpha value is -1.70. The van der Waals surface area contributed by atoms with Gasteiger partial charge in [0.25, 0.3) is 0 Å². The van der Waals surface area contributed by atoms with Gasteiger partial charge in [0.05, 0.1) is 18.2 Å². The van der Waals surface area contributed by atoms with Crippen LogP contribution in [0.1, 0.15) is 12.5 Å². The predicted octanol–water partition coefficient (Wildman–Crippen LogP) is 0.532. The number of rotatable bonds is 9. The molecule has 1 aliphatic rings. The molecule has 0 radical (unpaired) electrons. The van der Waals surface area contributed by atoms with Crippen molar-refractivity contribution in [1.29, 1.82) is 0 Å². The van der Waals surface area contributed by atoms with Gasteiger partial charge in [0.1, 0.15) is 18.5 Å². The number of hydrogen-bond acceptors (Lipinski definition) is 6. The molecule has 3 aromatic rings. The number of thioether (sulfide) groups is 1. The first kappa shape index (κ1) is 24.9. The van der Waals surface area contributed by atoms with Gasteiger partial charge in [0, 0.05) is 30.2 Å². The molecule has 0 aromatic heterocycles. The zero-order valence-electron chi connectivity index (χ0n) is 18.6. The third kappa shape index (κ3) is 6.21. The summed E-state index contributed by atoms with van der Waals surface area (Å²) >= 11 is 1.91. The Morgan fingerprint density at radius 2 is 1.91 bits per heavy atom. The number of carboxylic acids is 1. The minimum Gasteiger partial charge on any atom is -0.547 e. The summed E-state index contributed by atoms with van der Waals surface area (Å²) in [7, 11) is 0. The zero-order valence-corrected chi connectivity index (χ0v) is 21.4. The second-order valence-electron chi connectivity index (χ2n) is 7.46. The Bertz CT molecular complexity index is 1060. The molecule has 0 saturated carbocycles. The van der Waals surface area contributed by atoms with Crippen molar-refractivity contribution in [3.8, 4) is 5.75 Å². The topological polar surface area (TPSA) is 61.8 Å². The number of fused-ring (bicyclic) bond motifs is 2. The van der Waals surface area contributed by atoms with Crippen LogP contribution in [0.2, 0.25) is 0 Å². The van der Waals surface area contributed by atoms with Gasteiger partial charge in [-0.25, -0.2) is 0 Å². The van der Waals surface area contributed by atoms with Gasteiger partial charge in [0.2, 0.25) is 0 Å². The average Bonchev–Trinajstić information content (AvgIpc) is 2.79. The molecule has 0 bridgehead atoms. The van der Waals surface area contributed by atoms with Crippen LogP contribution in [0.3, 0.4) is 0 Å². The van der Waals surface area contributed by atoms with Gasteiger partial charge < -0.3 is 24.3 Å². The maximum Gasteiger partial charge on any atom is 1.00 e. The Morgan fingerprint density at radius 1 is 1.12 bits per heavy atom. The molecule has 1 heterocycles. The van der Waals surface area contributed by atoms with E-state index in [1.165, 1.54) is 10.6 Å². The SMILES string of the molecule is CCOC(Cc1ccc2cc(OCCN3CCSc4ccccc43)ccc2c1)C(=O)[O-].[Na+]. The van der Waals surface area contributed by atoms with E-state index < -0.39 is 12.1 Å². The number of anilines is 1. The van der Waals surface area contributed by atoms with E-state index in [0.29, 0.717) is 19.6 Å². The van der Waals surface area contributed by atoms with Crippen molar-refractivity contribution in [1.82, 2.24) is 0 Å². The molecular formula is C25H26NNaO4S. The van der Waals surface area contributed by atoms with Crippen LogP contribution in [0.5, 0.6) is 5.75 Å². The molecule has 7 heteroatoms. The van der Waals surface area contributed by atoms with E-state index in [0.717, 1.165) is 40.9 Å². The molecule has 1 aliphatic heterocycles. The molecule has 0 fully saturated rings. The number of nitrogens with zero attached hydrogens (tertiary/aromatic N) is 1. The molecule has 1 atom stereocenters. The fourth-order valence-corrected chi connectivity index (χ4v) is 4.90. The molecule has 5 nitrogen and oxygen atoms in total. The van der Waals surface area contributed by atoms with Gasteiger partial charge in [-0.2, -0.15) is 0 Å². The molecule has 1 unspecified atom stereocenters. The second kappa shape index (κ2) is 12.0. The predicted molar refractivity (Wildman–Crippen MR) is 123 cm³/mol. The number of ether oxygens (including phenoxy) is 2. The summed E-state index contributed by atoms with van der Waals surface area (Å²) in [5.41, 5.74) is 2.20. The summed E-state index contributed by atoms with van der Waals surface area (Å²) in [6, 6.07) is 20.4. The fraction of sp³-hybridized carbons (Fsp3) is 0.320. The van der Waals surface area contributed by atoms with Crippen LogP contribution in [0.15, 0.2) is 65.6 Å². The average molecular weight is 460 g/mol. The van der Waals surface area contributed by atoms with Crippen LogP contribution < -0.4 is 44.3 Å².